The standard InChI is InChI=1S/C16H20N2O.C6H4/c1-12(19)18-11-15(13-7-9-17(2)10-8-13)14-5-3-4-6-16(14)18;1-2-5-4-6(5)3-1/h3-6,11,13H,7-10H2,1-2H3;1-4H. The first-order valence-corrected chi connectivity index (χ1v) is 9.03. The lowest BCUT2D eigenvalue weighted by Gasteiger charge is -2.28. The zero-order valence-corrected chi connectivity index (χ0v) is 14.9. The first-order chi connectivity index (χ1) is 12.1. The van der Waals surface area contributed by atoms with Crippen molar-refractivity contribution in [2.45, 2.75) is 25.7 Å². The summed E-state index contributed by atoms with van der Waals surface area (Å²) in [6, 6.07) is 16.7. The third kappa shape index (κ3) is 3.24. The SMILES string of the molecule is CC(=O)n1cc(C2CCN(C)CC2)c2ccccc21.c1cc2cc-2c1. The van der Waals surface area contributed by atoms with Crippen molar-refractivity contribution in [2.24, 2.45) is 0 Å². The van der Waals surface area contributed by atoms with E-state index in [4.69, 9.17) is 0 Å². The second-order valence-corrected chi connectivity index (χ2v) is 7.15. The monoisotopic (exact) mass is 332 g/mol. The van der Waals surface area contributed by atoms with Gasteiger partial charge in [-0.2, -0.15) is 0 Å². The third-order valence-electron chi connectivity index (χ3n) is 5.35. The Kier molecular flexibility index (Phi) is 4.18. The van der Waals surface area contributed by atoms with Crippen LogP contribution in [0.15, 0.2) is 54.7 Å². The van der Waals surface area contributed by atoms with Crippen molar-refractivity contribution in [1.29, 1.82) is 0 Å². The molecule has 0 amide bonds. The van der Waals surface area contributed by atoms with Crippen LogP contribution in [0.2, 0.25) is 0 Å². The molecule has 0 saturated carbocycles. The number of carbonyl (C=O) groups is 1. The Morgan fingerprint density at radius 2 is 1.68 bits per heavy atom. The van der Waals surface area contributed by atoms with E-state index in [0.29, 0.717) is 5.92 Å². The summed E-state index contributed by atoms with van der Waals surface area (Å²) >= 11 is 0. The van der Waals surface area contributed by atoms with Gasteiger partial charge >= 0.3 is 0 Å². The molecule has 1 aliphatic heterocycles. The van der Waals surface area contributed by atoms with Crippen molar-refractivity contribution in [1.82, 2.24) is 9.47 Å². The van der Waals surface area contributed by atoms with Crippen molar-refractivity contribution in [3.05, 3.63) is 60.3 Å². The second-order valence-electron chi connectivity index (χ2n) is 7.15. The highest BCUT2D eigenvalue weighted by molar-refractivity contribution is 5.93. The van der Waals surface area contributed by atoms with E-state index in [1.165, 1.54) is 34.9 Å². The van der Waals surface area contributed by atoms with Crippen LogP contribution in [0.5, 0.6) is 0 Å². The van der Waals surface area contributed by atoms with Gasteiger partial charge in [0.2, 0.25) is 5.91 Å². The molecule has 1 aromatic carbocycles. The molecule has 1 fully saturated rings. The predicted octanol–water partition coefficient (Wildman–Crippen LogP) is 4.78. The topological polar surface area (TPSA) is 25.2 Å². The fourth-order valence-corrected chi connectivity index (χ4v) is 3.79. The number of para-hydroxylation sites is 1. The molecule has 2 heterocycles. The Morgan fingerprint density at radius 3 is 2.24 bits per heavy atom. The minimum Gasteiger partial charge on any atom is -0.306 e. The van der Waals surface area contributed by atoms with Crippen molar-refractivity contribution >= 4 is 16.8 Å². The number of hydrogen-bond acceptors (Lipinski definition) is 2. The minimum absolute atomic E-state index is 0.0929. The van der Waals surface area contributed by atoms with Crippen LogP contribution in [0.25, 0.3) is 22.0 Å². The molecule has 0 atom stereocenters. The maximum atomic E-state index is 11.8. The summed E-state index contributed by atoms with van der Waals surface area (Å²) in [5.74, 6) is 0.678. The molecule has 3 heteroatoms. The Morgan fingerprint density at radius 1 is 1.00 bits per heavy atom. The number of rotatable bonds is 1. The summed E-state index contributed by atoms with van der Waals surface area (Å²) in [5.41, 5.74) is 5.24. The summed E-state index contributed by atoms with van der Waals surface area (Å²) < 4.78 is 1.79. The number of carbonyl (C=O) groups excluding carboxylic acids is 1. The third-order valence-corrected chi connectivity index (χ3v) is 5.35. The number of fused-ring (bicyclic) bond motifs is 2. The molecule has 1 aromatic heterocycles. The van der Waals surface area contributed by atoms with Crippen LogP contribution in [-0.2, 0) is 0 Å². The van der Waals surface area contributed by atoms with Crippen LogP contribution in [0.4, 0.5) is 0 Å². The van der Waals surface area contributed by atoms with Gasteiger partial charge < -0.3 is 4.90 Å². The molecule has 0 radical (unpaired) electrons. The highest BCUT2D eigenvalue weighted by Crippen LogP contribution is 2.34. The van der Waals surface area contributed by atoms with Crippen LogP contribution in [0.3, 0.4) is 0 Å². The zero-order chi connectivity index (χ0) is 17.4. The van der Waals surface area contributed by atoms with E-state index >= 15 is 0 Å². The zero-order valence-electron chi connectivity index (χ0n) is 14.9. The molecular formula is C22H24N2O. The molecule has 2 aromatic rings. The lowest BCUT2D eigenvalue weighted by atomic mass is 9.89. The fourth-order valence-electron chi connectivity index (χ4n) is 3.79. The highest BCUT2D eigenvalue weighted by atomic mass is 16.1. The van der Waals surface area contributed by atoms with Gasteiger partial charge in [0.15, 0.2) is 0 Å². The molecule has 128 valence electrons. The van der Waals surface area contributed by atoms with Crippen molar-refractivity contribution < 1.29 is 4.79 Å². The Labute approximate surface area is 148 Å². The van der Waals surface area contributed by atoms with E-state index in [1.807, 2.05) is 12.1 Å². The smallest absolute Gasteiger partial charge is 0.227 e. The Hall–Kier alpha value is -2.39. The van der Waals surface area contributed by atoms with Gasteiger partial charge in [-0.3, -0.25) is 9.36 Å². The Balaban J connectivity index is 0.000000217. The van der Waals surface area contributed by atoms with Gasteiger partial charge in [0.1, 0.15) is 0 Å². The van der Waals surface area contributed by atoms with Crippen LogP contribution in [0, 0.1) is 0 Å². The van der Waals surface area contributed by atoms with E-state index < -0.39 is 0 Å². The molecule has 0 bridgehead atoms. The molecule has 5 rings (SSSR count). The van der Waals surface area contributed by atoms with E-state index in [9.17, 15) is 4.79 Å². The first-order valence-electron chi connectivity index (χ1n) is 9.03. The molecule has 3 aliphatic rings. The van der Waals surface area contributed by atoms with Gasteiger partial charge in [0.05, 0.1) is 5.52 Å². The molecule has 2 aliphatic carbocycles. The number of aromatic nitrogens is 1. The summed E-state index contributed by atoms with van der Waals surface area (Å²) in [4.78, 5) is 14.1. The van der Waals surface area contributed by atoms with Crippen LogP contribution in [-0.4, -0.2) is 35.5 Å². The number of benzene rings is 2. The summed E-state index contributed by atoms with van der Waals surface area (Å²) in [6.45, 7) is 3.92. The lowest BCUT2D eigenvalue weighted by Crippen LogP contribution is -2.29. The fraction of sp³-hybridized carbons (Fsp3) is 0.318. The van der Waals surface area contributed by atoms with E-state index in [2.05, 4.69) is 54.5 Å². The number of nitrogens with zero attached hydrogens (tertiary/aromatic N) is 2. The van der Waals surface area contributed by atoms with Gasteiger partial charge in [-0.1, -0.05) is 36.4 Å². The normalized spacial score (nSPS) is 16.4. The van der Waals surface area contributed by atoms with E-state index in [1.54, 1.807) is 11.5 Å². The Bertz CT molecular complexity index is 899. The summed E-state index contributed by atoms with van der Waals surface area (Å²) in [5, 5.41) is 1.24. The summed E-state index contributed by atoms with van der Waals surface area (Å²) in [7, 11) is 2.18. The number of hydrogen-bond donors (Lipinski definition) is 0. The predicted molar refractivity (Wildman–Crippen MR) is 103 cm³/mol. The minimum atomic E-state index is 0.0929. The van der Waals surface area contributed by atoms with Gasteiger partial charge in [0, 0.05) is 18.5 Å². The van der Waals surface area contributed by atoms with Crippen molar-refractivity contribution in [2.75, 3.05) is 20.1 Å². The molecule has 25 heavy (non-hydrogen) atoms. The summed E-state index contributed by atoms with van der Waals surface area (Å²) in [6.07, 6.45) is 4.42. The quantitative estimate of drug-likeness (QED) is 0.501. The van der Waals surface area contributed by atoms with Gasteiger partial charge in [-0.15, -0.1) is 0 Å². The average molecular weight is 332 g/mol. The number of piperidine rings is 1. The van der Waals surface area contributed by atoms with Gasteiger partial charge in [-0.25, -0.2) is 0 Å². The largest absolute Gasteiger partial charge is 0.306 e. The molecule has 0 unspecified atom stereocenters. The molecule has 0 N–H and O–H groups in total. The van der Waals surface area contributed by atoms with Gasteiger partial charge in [-0.05, 0) is 67.7 Å². The molecule has 3 nitrogen and oxygen atoms in total. The lowest BCUT2D eigenvalue weighted by molar-refractivity contribution is 0.0941. The van der Waals surface area contributed by atoms with Crippen molar-refractivity contribution in [3.63, 3.8) is 0 Å². The van der Waals surface area contributed by atoms with Crippen LogP contribution >= 0.6 is 0 Å². The van der Waals surface area contributed by atoms with Crippen LogP contribution < -0.4 is 0 Å². The van der Waals surface area contributed by atoms with Crippen LogP contribution in [0.1, 0.15) is 36.0 Å². The van der Waals surface area contributed by atoms with E-state index in [-0.39, 0.29) is 5.91 Å². The number of likely N-dealkylation sites (tertiary alicyclic amines) is 1. The molecular weight excluding hydrogens is 308 g/mol. The highest BCUT2D eigenvalue weighted by Gasteiger charge is 2.22. The average Bonchev–Trinajstić information content (AvgIpc) is 3.05. The maximum absolute atomic E-state index is 11.8. The van der Waals surface area contributed by atoms with E-state index in [0.717, 1.165) is 18.6 Å². The van der Waals surface area contributed by atoms with Gasteiger partial charge in [0.25, 0.3) is 0 Å². The maximum Gasteiger partial charge on any atom is 0.227 e. The van der Waals surface area contributed by atoms with Crippen molar-refractivity contribution in [3.8, 4) is 11.1 Å². The molecule has 0 spiro atoms. The second kappa shape index (κ2) is 6.49. The first kappa shape index (κ1) is 16.1. The molecule has 1 saturated heterocycles.